The highest BCUT2D eigenvalue weighted by atomic mass is 35.5. The van der Waals surface area contributed by atoms with Crippen LogP contribution >= 0.6 is 0 Å². The van der Waals surface area contributed by atoms with Gasteiger partial charge in [0.05, 0.1) is 40.4 Å². The molecule has 1 rings (SSSR count). The van der Waals surface area contributed by atoms with E-state index >= 15 is 0 Å². The number of allylic oxidation sites excluding steroid dienone is 4. The third-order valence-electron chi connectivity index (χ3n) is 10.4. The lowest BCUT2D eigenvalue weighted by atomic mass is 9.98. The Kier molecular flexibility index (Phi) is 36.2. The number of ether oxygens (including phenoxy) is 2. The van der Waals surface area contributed by atoms with Gasteiger partial charge in [-0.25, -0.2) is 0 Å². The van der Waals surface area contributed by atoms with Crippen LogP contribution in [0.25, 0.3) is 0 Å². The SMILES string of the molecule is CCCCCCCC/C=C\CCCCCCCCOC[C@H]1C[N+](C)(C)C[C@@H]1COCCCCCCCC/C=C\CCCCCCCC.[Cl-]. The summed E-state index contributed by atoms with van der Waals surface area (Å²) < 4.78 is 13.6. The van der Waals surface area contributed by atoms with Crippen LogP contribution in [0.3, 0.4) is 0 Å². The molecule has 0 aromatic carbocycles. The molecule has 1 aliphatic rings. The second-order valence-electron chi connectivity index (χ2n) is 15.8. The number of halogens is 1. The maximum atomic E-state index is 6.22. The zero-order valence-electron chi connectivity index (χ0n) is 33.1. The molecule has 1 heterocycles. The first kappa shape index (κ1) is 47.7. The third kappa shape index (κ3) is 31.6. The summed E-state index contributed by atoms with van der Waals surface area (Å²) in [7, 11) is 4.76. The highest BCUT2D eigenvalue weighted by Crippen LogP contribution is 2.28. The molecule has 0 radical (unpaired) electrons. The van der Waals surface area contributed by atoms with E-state index < -0.39 is 0 Å². The fourth-order valence-electron chi connectivity index (χ4n) is 7.39. The molecule has 1 fully saturated rings. The number of unbranched alkanes of at least 4 members (excludes halogenated alkanes) is 24. The molecule has 0 amide bonds. The zero-order valence-corrected chi connectivity index (χ0v) is 33.9. The molecule has 0 bridgehead atoms. The topological polar surface area (TPSA) is 18.5 Å². The van der Waals surface area contributed by atoms with Gasteiger partial charge >= 0.3 is 0 Å². The van der Waals surface area contributed by atoms with Gasteiger partial charge in [0.25, 0.3) is 0 Å². The first-order valence-corrected chi connectivity index (χ1v) is 21.4. The van der Waals surface area contributed by atoms with Crippen molar-refractivity contribution in [3.8, 4) is 0 Å². The van der Waals surface area contributed by atoms with Crippen LogP contribution in [0.4, 0.5) is 0 Å². The Hall–Kier alpha value is -0.350. The molecule has 0 spiro atoms. The third-order valence-corrected chi connectivity index (χ3v) is 10.4. The van der Waals surface area contributed by atoms with Crippen LogP contribution in [0, 0.1) is 11.8 Å². The summed E-state index contributed by atoms with van der Waals surface area (Å²) in [5.41, 5.74) is 0. The molecule has 0 N–H and O–H groups in total. The van der Waals surface area contributed by atoms with Gasteiger partial charge in [0.15, 0.2) is 0 Å². The Labute approximate surface area is 308 Å². The quantitative estimate of drug-likeness (QED) is 0.0369. The van der Waals surface area contributed by atoms with Gasteiger partial charge in [-0.15, -0.1) is 0 Å². The predicted octanol–water partition coefficient (Wildman–Crippen LogP) is 10.4. The average Bonchev–Trinajstić information content (AvgIpc) is 3.36. The molecule has 286 valence electrons. The van der Waals surface area contributed by atoms with Crippen LogP contribution in [0.5, 0.6) is 0 Å². The summed E-state index contributed by atoms with van der Waals surface area (Å²) in [6, 6.07) is 0. The van der Waals surface area contributed by atoms with Crippen LogP contribution in [0.1, 0.15) is 194 Å². The van der Waals surface area contributed by atoms with Crippen molar-refractivity contribution in [3.63, 3.8) is 0 Å². The average molecular weight is 697 g/mol. The molecule has 1 saturated heterocycles. The van der Waals surface area contributed by atoms with Crippen molar-refractivity contribution in [1.29, 1.82) is 0 Å². The highest BCUT2D eigenvalue weighted by Gasteiger charge is 2.40. The van der Waals surface area contributed by atoms with E-state index in [-0.39, 0.29) is 12.4 Å². The smallest absolute Gasteiger partial charge is 0.0839 e. The molecule has 0 aromatic heterocycles. The molecule has 1 aliphatic heterocycles. The van der Waals surface area contributed by atoms with Crippen molar-refractivity contribution in [2.75, 3.05) is 53.6 Å². The zero-order chi connectivity index (χ0) is 33.9. The molecule has 0 saturated carbocycles. The Morgan fingerprint density at radius 2 is 0.688 bits per heavy atom. The summed E-state index contributed by atoms with van der Waals surface area (Å²) in [5, 5.41) is 0. The molecule has 0 unspecified atom stereocenters. The lowest BCUT2D eigenvalue weighted by Gasteiger charge is -2.23. The van der Waals surface area contributed by atoms with Crippen LogP contribution in [0.15, 0.2) is 24.3 Å². The normalized spacial score (nSPS) is 17.6. The minimum Gasteiger partial charge on any atom is -1.00 e. The molecule has 3 nitrogen and oxygen atoms in total. The van der Waals surface area contributed by atoms with E-state index in [2.05, 4.69) is 52.2 Å². The van der Waals surface area contributed by atoms with E-state index in [1.165, 1.54) is 193 Å². The summed E-state index contributed by atoms with van der Waals surface area (Å²) >= 11 is 0. The van der Waals surface area contributed by atoms with E-state index in [9.17, 15) is 0 Å². The maximum Gasteiger partial charge on any atom is 0.0839 e. The van der Waals surface area contributed by atoms with Crippen molar-refractivity contribution in [2.24, 2.45) is 11.8 Å². The number of likely N-dealkylation sites (tertiary alicyclic amines) is 1. The number of rotatable bonds is 36. The molecular formula is C44H86ClNO2. The van der Waals surface area contributed by atoms with Gasteiger partial charge in [-0.1, -0.05) is 154 Å². The first-order valence-electron chi connectivity index (χ1n) is 21.4. The number of nitrogens with zero attached hydrogens (tertiary/aromatic N) is 1. The molecule has 2 atom stereocenters. The van der Waals surface area contributed by atoms with Crippen LogP contribution in [0.2, 0.25) is 0 Å². The first-order chi connectivity index (χ1) is 23.1. The minimum absolute atomic E-state index is 0. The fourth-order valence-corrected chi connectivity index (χ4v) is 7.39. The standard InChI is InChI=1S/C44H86NO2.ClH/c1-5-7-9-11-13-15-17-19-21-23-25-27-29-31-33-35-37-46-41-43-39-45(3,4)40-44(43)42-47-38-36-34-32-30-28-26-24-22-20-18-16-14-12-10-8-6-2;/h19-22,43-44H,5-18,23-42H2,1-4H3;1H/q+1;/p-1/b21-19-,22-20-;/t43-,44-;/m1./s1. The van der Waals surface area contributed by atoms with E-state index in [1.54, 1.807) is 0 Å². The van der Waals surface area contributed by atoms with Crippen molar-refractivity contribution in [2.45, 2.75) is 194 Å². The Bertz CT molecular complexity index is 637. The van der Waals surface area contributed by atoms with Gasteiger partial charge in [0, 0.05) is 25.0 Å². The lowest BCUT2D eigenvalue weighted by Crippen LogP contribution is -3.00. The summed E-state index contributed by atoms with van der Waals surface area (Å²) in [6.45, 7) is 10.8. The van der Waals surface area contributed by atoms with Gasteiger partial charge in [0.1, 0.15) is 0 Å². The highest BCUT2D eigenvalue weighted by molar-refractivity contribution is 4.82. The van der Waals surface area contributed by atoms with Crippen molar-refractivity contribution < 1.29 is 26.4 Å². The van der Waals surface area contributed by atoms with E-state index in [0.29, 0.717) is 11.8 Å². The number of hydrogen-bond acceptors (Lipinski definition) is 2. The van der Waals surface area contributed by atoms with E-state index in [4.69, 9.17) is 9.47 Å². The fraction of sp³-hybridized carbons (Fsp3) is 0.909. The molecule has 0 aromatic rings. The van der Waals surface area contributed by atoms with Crippen molar-refractivity contribution in [1.82, 2.24) is 0 Å². The Morgan fingerprint density at radius 3 is 1.00 bits per heavy atom. The van der Waals surface area contributed by atoms with E-state index in [0.717, 1.165) is 30.9 Å². The molecule has 48 heavy (non-hydrogen) atoms. The van der Waals surface area contributed by atoms with Crippen molar-refractivity contribution >= 4 is 0 Å². The summed E-state index contributed by atoms with van der Waals surface area (Å²) in [5.74, 6) is 1.30. The van der Waals surface area contributed by atoms with Gasteiger partial charge < -0.3 is 26.4 Å². The van der Waals surface area contributed by atoms with Crippen LogP contribution in [-0.4, -0.2) is 58.1 Å². The van der Waals surface area contributed by atoms with Crippen LogP contribution in [-0.2, 0) is 9.47 Å². The Balaban J connectivity index is 0.0000221. The number of hydrogen-bond donors (Lipinski definition) is 0. The van der Waals surface area contributed by atoms with Crippen LogP contribution < -0.4 is 12.4 Å². The van der Waals surface area contributed by atoms with Gasteiger partial charge in [0.2, 0.25) is 0 Å². The molecule has 4 heteroatoms. The Morgan fingerprint density at radius 1 is 0.417 bits per heavy atom. The van der Waals surface area contributed by atoms with Gasteiger partial charge in [-0.05, 0) is 64.2 Å². The van der Waals surface area contributed by atoms with E-state index in [1.807, 2.05) is 0 Å². The summed E-state index contributed by atoms with van der Waals surface area (Å²) in [6.07, 6.45) is 47.8. The minimum atomic E-state index is 0. The maximum absolute atomic E-state index is 6.22. The van der Waals surface area contributed by atoms with Gasteiger partial charge in [-0.3, -0.25) is 0 Å². The predicted molar refractivity (Wildman–Crippen MR) is 209 cm³/mol. The molecule has 0 aliphatic carbocycles. The second-order valence-corrected chi connectivity index (χ2v) is 15.8. The molecular weight excluding hydrogens is 610 g/mol. The lowest BCUT2D eigenvalue weighted by molar-refractivity contribution is -0.880. The largest absolute Gasteiger partial charge is 1.00 e. The summed E-state index contributed by atoms with van der Waals surface area (Å²) in [4.78, 5) is 0. The van der Waals surface area contributed by atoms with Crippen molar-refractivity contribution in [3.05, 3.63) is 24.3 Å². The number of quaternary nitrogens is 1. The monoisotopic (exact) mass is 696 g/mol. The second kappa shape index (κ2) is 36.4. The van der Waals surface area contributed by atoms with Gasteiger partial charge in [-0.2, -0.15) is 0 Å².